The van der Waals surface area contributed by atoms with Crippen molar-refractivity contribution in [3.05, 3.63) is 24.3 Å². The van der Waals surface area contributed by atoms with Crippen LogP contribution in [0.5, 0.6) is 0 Å². The predicted octanol–water partition coefficient (Wildman–Crippen LogP) is 22.9. The first-order chi connectivity index (χ1) is 47.3. The van der Waals surface area contributed by atoms with Crippen LogP contribution < -0.4 is 0 Å². The van der Waals surface area contributed by atoms with E-state index >= 15 is 0 Å². The lowest BCUT2D eigenvalue weighted by Gasteiger charge is -2.21. The SMILES string of the molecule is CCCCCC/C=C\C=C/CCCCCCCC(=O)OC[C@H](COP(=O)(O)OC[C@@H](O)COP(=O)(O)OC[C@@H](COC(=O)CCCCCCCCC(C)C)OC(=O)CCCCCCCCCCCC(C)C)OC(=O)CCCCCCCCCCCCCCCCCCCCC(C)CC. The van der Waals surface area contributed by atoms with Gasteiger partial charge >= 0.3 is 39.5 Å². The van der Waals surface area contributed by atoms with E-state index in [0.717, 1.165) is 127 Å². The van der Waals surface area contributed by atoms with Gasteiger partial charge in [0.05, 0.1) is 26.4 Å². The molecule has 0 aromatic rings. The maximum Gasteiger partial charge on any atom is 0.472 e. The number of hydrogen-bond acceptors (Lipinski definition) is 15. The normalized spacial score (nSPS) is 14.4. The van der Waals surface area contributed by atoms with E-state index in [1.807, 2.05) is 0 Å². The van der Waals surface area contributed by atoms with Gasteiger partial charge in [-0.2, -0.15) is 0 Å². The van der Waals surface area contributed by atoms with Crippen LogP contribution in [-0.4, -0.2) is 96.7 Å². The van der Waals surface area contributed by atoms with E-state index in [1.165, 1.54) is 167 Å². The zero-order chi connectivity index (χ0) is 72.3. The average Bonchev–Trinajstić information content (AvgIpc) is 1.06. The zero-order valence-corrected chi connectivity index (χ0v) is 65.5. The quantitative estimate of drug-likeness (QED) is 0.0169. The molecule has 0 aliphatic carbocycles. The number of phosphoric ester groups is 2. The number of esters is 4. The van der Waals surface area contributed by atoms with Crippen LogP contribution in [0, 0.1) is 17.8 Å². The molecule has 0 aromatic carbocycles. The number of allylic oxidation sites excluding steroid dienone is 4. The molecule has 3 unspecified atom stereocenters. The minimum atomic E-state index is -4.97. The van der Waals surface area contributed by atoms with Crippen LogP contribution in [-0.2, 0) is 65.4 Å². The Morgan fingerprint density at radius 2 is 0.602 bits per heavy atom. The van der Waals surface area contributed by atoms with Gasteiger partial charge in [-0.05, 0) is 69.1 Å². The largest absolute Gasteiger partial charge is 0.472 e. The first kappa shape index (κ1) is 95.5. The summed E-state index contributed by atoms with van der Waals surface area (Å²) in [5.41, 5.74) is 0. The summed E-state index contributed by atoms with van der Waals surface area (Å²) in [5.74, 6) is 0.133. The van der Waals surface area contributed by atoms with Gasteiger partial charge < -0.3 is 33.8 Å². The van der Waals surface area contributed by atoms with Crippen LogP contribution in [0.3, 0.4) is 0 Å². The maximum absolute atomic E-state index is 13.1. The van der Waals surface area contributed by atoms with Crippen molar-refractivity contribution in [2.24, 2.45) is 17.8 Å². The number of unbranched alkanes of at least 4 members (excludes halogenated alkanes) is 39. The minimum absolute atomic E-state index is 0.101. The minimum Gasteiger partial charge on any atom is -0.462 e. The molecule has 0 amide bonds. The van der Waals surface area contributed by atoms with Gasteiger partial charge in [0.15, 0.2) is 12.2 Å². The van der Waals surface area contributed by atoms with Crippen molar-refractivity contribution in [1.82, 2.24) is 0 Å². The molecule has 17 nitrogen and oxygen atoms in total. The Bertz CT molecular complexity index is 2000. The van der Waals surface area contributed by atoms with Crippen LogP contribution in [0.2, 0.25) is 0 Å². The molecule has 0 aliphatic rings. The molecule has 0 aliphatic heterocycles. The predicted molar refractivity (Wildman–Crippen MR) is 400 cm³/mol. The highest BCUT2D eigenvalue weighted by molar-refractivity contribution is 7.47. The summed E-state index contributed by atoms with van der Waals surface area (Å²) in [7, 11) is -9.93. The van der Waals surface area contributed by atoms with E-state index in [2.05, 4.69) is 72.8 Å². The molecule has 19 heteroatoms. The molecule has 0 spiro atoms. The van der Waals surface area contributed by atoms with Crippen LogP contribution >= 0.6 is 15.6 Å². The summed E-state index contributed by atoms with van der Waals surface area (Å²) in [6, 6.07) is 0. The Hall–Kier alpha value is -2.46. The van der Waals surface area contributed by atoms with Gasteiger partial charge in [0, 0.05) is 25.7 Å². The molecule has 0 heterocycles. The Morgan fingerprint density at radius 3 is 0.908 bits per heavy atom. The van der Waals surface area contributed by atoms with E-state index in [1.54, 1.807) is 0 Å². The molecule has 0 saturated carbocycles. The summed E-state index contributed by atoms with van der Waals surface area (Å²) in [5, 5.41) is 10.6. The highest BCUT2D eigenvalue weighted by Crippen LogP contribution is 2.45. The van der Waals surface area contributed by atoms with Crippen molar-refractivity contribution >= 4 is 39.5 Å². The number of phosphoric acid groups is 2. The monoisotopic (exact) mass is 1430 g/mol. The molecule has 0 fully saturated rings. The lowest BCUT2D eigenvalue weighted by molar-refractivity contribution is -0.161. The van der Waals surface area contributed by atoms with Crippen molar-refractivity contribution in [2.45, 2.75) is 401 Å². The molecular weight excluding hydrogens is 1280 g/mol. The molecule has 578 valence electrons. The van der Waals surface area contributed by atoms with Crippen LogP contribution in [0.4, 0.5) is 0 Å². The number of ether oxygens (including phenoxy) is 4. The second kappa shape index (κ2) is 68.9. The summed E-state index contributed by atoms with van der Waals surface area (Å²) in [4.78, 5) is 72.8. The van der Waals surface area contributed by atoms with Crippen molar-refractivity contribution in [1.29, 1.82) is 0 Å². The first-order valence-electron chi connectivity index (χ1n) is 40.2. The fourth-order valence-electron chi connectivity index (χ4n) is 11.6. The molecule has 98 heavy (non-hydrogen) atoms. The lowest BCUT2D eigenvalue weighted by Crippen LogP contribution is -2.30. The van der Waals surface area contributed by atoms with Gasteiger partial charge in [-0.1, -0.05) is 330 Å². The highest BCUT2D eigenvalue weighted by Gasteiger charge is 2.30. The van der Waals surface area contributed by atoms with Crippen molar-refractivity contribution in [3.63, 3.8) is 0 Å². The zero-order valence-electron chi connectivity index (χ0n) is 63.7. The topological polar surface area (TPSA) is 237 Å². The Morgan fingerprint density at radius 1 is 0.337 bits per heavy atom. The molecule has 0 rings (SSSR count). The fourth-order valence-corrected chi connectivity index (χ4v) is 13.1. The number of aliphatic hydroxyl groups excluding tert-OH is 1. The second-order valence-electron chi connectivity index (χ2n) is 29.0. The molecule has 3 N–H and O–H groups in total. The van der Waals surface area contributed by atoms with E-state index < -0.39 is 97.5 Å². The molecule has 0 radical (unpaired) electrons. The van der Waals surface area contributed by atoms with Crippen molar-refractivity contribution in [2.75, 3.05) is 39.6 Å². The summed E-state index contributed by atoms with van der Waals surface area (Å²) in [6.45, 7) is 11.8. The lowest BCUT2D eigenvalue weighted by atomic mass is 9.99. The highest BCUT2D eigenvalue weighted by atomic mass is 31.2. The van der Waals surface area contributed by atoms with Crippen LogP contribution in [0.25, 0.3) is 0 Å². The number of carbonyl (C=O) groups is 4. The van der Waals surface area contributed by atoms with Crippen LogP contribution in [0.15, 0.2) is 24.3 Å². The molecule has 6 atom stereocenters. The molecule has 0 saturated heterocycles. The van der Waals surface area contributed by atoms with Gasteiger partial charge in [0.1, 0.15) is 19.3 Å². The number of carbonyl (C=O) groups excluding carboxylic acids is 4. The fraction of sp³-hybridized carbons (Fsp3) is 0.899. The van der Waals surface area contributed by atoms with Crippen LogP contribution in [0.1, 0.15) is 382 Å². The standard InChI is InChI=1S/C79H150O17P2/c1-8-10-11-12-13-14-15-16-21-25-28-33-38-46-53-60-76(81)89-66-74(95-78(83)62-55-48-39-34-29-26-23-20-18-17-19-22-24-27-32-37-45-52-59-72(7)9-2)68-93-97(85,86)91-64-73(80)65-92-98(87,88)94-69-75(67-90-77(82)61-54-47-42-41-44-51-58-71(5)6)96-79(84)63-56-49-40-35-30-31-36-43-50-57-70(3)4/h14-16,21,70-75,80H,8-13,17-20,22-69H2,1-7H3,(H,85,86)(H,87,88)/b15-14-,21-16-/t72?,73-,74-,75-/m1/s1. The van der Waals surface area contributed by atoms with Crippen molar-refractivity contribution < 1.29 is 80.2 Å². The van der Waals surface area contributed by atoms with E-state index in [-0.39, 0.29) is 25.7 Å². The van der Waals surface area contributed by atoms with E-state index in [4.69, 9.17) is 37.0 Å². The third-order valence-corrected chi connectivity index (χ3v) is 20.0. The van der Waals surface area contributed by atoms with Gasteiger partial charge in [0.2, 0.25) is 0 Å². The summed E-state index contributed by atoms with van der Waals surface area (Å²) in [6.07, 6.45) is 59.3. The second-order valence-corrected chi connectivity index (χ2v) is 31.9. The van der Waals surface area contributed by atoms with E-state index in [0.29, 0.717) is 31.6 Å². The Labute approximate surface area is 599 Å². The molecular formula is C79H150O17P2. The van der Waals surface area contributed by atoms with Gasteiger partial charge in [-0.25, -0.2) is 9.13 Å². The third-order valence-electron chi connectivity index (χ3n) is 18.1. The maximum atomic E-state index is 13.1. The molecule has 0 bridgehead atoms. The number of aliphatic hydroxyl groups is 1. The summed E-state index contributed by atoms with van der Waals surface area (Å²) >= 11 is 0. The van der Waals surface area contributed by atoms with Gasteiger partial charge in [0.25, 0.3) is 0 Å². The average molecular weight is 1430 g/mol. The van der Waals surface area contributed by atoms with Gasteiger partial charge in [-0.3, -0.25) is 37.3 Å². The number of hydrogen-bond donors (Lipinski definition) is 3. The first-order valence-corrected chi connectivity index (χ1v) is 43.2. The van der Waals surface area contributed by atoms with Gasteiger partial charge in [-0.15, -0.1) is 0 Å². The third kappa shape index (κ3) is 70.6. The van der Waals surface area contributed by atoms with E-state index in [9.17, 15) is 43.2 Å². The summed E-state index contributed by atoms with van der Waals surface area (Å²) < 4.78 is 68.5. The smallest absolute Gasteiger partial charge is 0.462 e. The number of rotatable bonds is 75. The Balaban J connectivity index is 5.23. The molecule has 0 aromatic heterocycles. The Kier molecular flexibility index (Phi) is 67.2. The van der Waals surface area contributed by atoms with Crippen molar-refractivity contribution in [3.8, 4) is 0 Å².